The number of esters is 1. The van der Waals surface area contributed by atoms with Crippen LogP contribution in [0.4, 0.5) is 10.5 Å². The highest BCUT2D eigenvalue weighted by atomic mass is 16.6. The zero-order valence-electron chi connectivity index (χ0n) is 20.0. The highest BCUT2D eigenvalue weighted by Gasteiger charge is 2.29. The first-order valence-electron chi connectivity index (χ1n) is 11.6. The molecule has 0 heterocycles. The van der Waals surface area contributed by atoms with Gasteiger partial charge in [-0.1, -0.05) is 48.5 Å². The second kappa shape index (κ2) is 11.2. The molecule has 1 aliphatic rings. The van der Waals surface area contributed by atoms with E-state index in [-0.39, 0.29) is 42.3 Å². The number of amides is 1. The molecular formula is C27H26N2O8. The molecule has 2 unspecified atom stereocenters. The summed E-state index contributed by atoms with van der Waals surface area (Å²) in [6.45, 7) is 0.117. The van der Waals surface area contributed by atoms with E-state index in [1.165, 1.54) is 6.07 Å². The van der Waals surface area contributed by atoms with E-state index in [1.54, 1.807) is 0 Å². The van der Waals surface area contributed by atoms with Gasteiger partial charge in [-0.05, 0) is 40.3 Å². The molecule has 2 atom stereocenters. The van der Waals surface area contributed by atoms with E-state index >= 15 is 0 Å². The van der Waals surface area contributed by atoms with Gasteiger partial charge >= 0.3 is 12.1 Å². The van der Waals surface area contributed by atoms with E-state index in [2.05, 4.69) is 10.1 Å². The van der Waals surface area contributed by atoms with Crippen LogP contribution in [0.2, 0.25) is 0 Å². The molecule has 4 rings (SSSR count). The summed E-state index contributed by atoms with van der Waals surface area (Å²) in [7, 11) is 1.10. The minimum atomic E-state index is -1.54. The maximum atomic E-state index is 12.3. The van der Waals surface area contributed by atoms with Crippen LogP contribution in [-0.4, -0.2) is 53.6 Å². The number of fused-ring (bicyclic) bond motifs is 3. The van der Waals surface area contributed by atoms with Crippen LogP contribution in [0, 0.1) is 10.1 Å². The number of hydrogen-bond acceptors (Lipinski definition) is 8. The first-order valence-corrected chi connectivity index (χ1v) is 11.6. The number of alkyl carbamates (subject to hydrolysis) is 1. The van der Waals surface area contributed by atoms with Crippen LogP contribution in [-0.2, 0) is 9.47 Å². The van der Waals surface area contributed by atoms with Gasteiger partial charge in [0.05, 0.1) is 23.7 Å². The molecule has 0 saturated heterocycles. The number of nitro groups is 1. The fourth-order valence-corrected chi connectivity index (χ4v) is 4.54. The Labute approximate surface area is 212 Å². The number of carbonyl (C=O) groups excluding carboxylic acids is 2. The van der Waals surface area contributed by atoms with Gasteiger partial charge in [-0.2, -0.15) is 0 Å². The minimum absolute atomic E-state index is 0.0184. The van der Waals surface area contributed by atoms with Crippen LogP contribution in [0.3, 0.4) is 0 Å². The van der Waals surface area contributed by atoms with E-state index in [1.807, 2.05) is 48.5 Å². The topological polar surface area (TPSA) is 148 Å². The molecule has 37 heavy (non-hydrogen) atoms. The minimum Gasteiger partial charge on any atom is -0.465 e. The Hall–Kier alpha value is -4.28. The molecule has 10 heteroatoms. The predicted molar refractivity (Wildman–Crippen MR) is 133 cm³/mol. The van der Waals surface area contributed by atoms with E-state index in [4.69, 9.17) is 4.74 Å². The van der Waals surface area contributed by atoms with E-state index in [0.29, 0.717) is 0 Å². The smallest absolute Gasteiger partial charge is 0.407 e. The molecule has 1 aliphatic carbocycles. The van der Waals surface area contributed by atoms with E-state index in [0.717, 1.165) is 41.5 Å². The van der Waals surface area contributed by atoms with E-state index in [9.17, 15) is 29.9 Å². The third-order valence-corrected chi connectivity index (χ3v) is 6.39. The zero-order valence-corrected chi connectivity index (χ0v) is 20.0. The summed E-state index contributed by atoms with van der Waals surface area (Å²) in [6.07, 6.45) is -3.66. The fraction of sp³-hybridized carbons (Fsp3) is 0.259. The Morgan fingerprint density at radius 3 is 2.24 bits per heavy atom. The first-order chi connectivity index (χ1) is 17.8. The molecular weight excluding hydrogens is 480 g/mol. The molecule has 0 aliphatic heterocycles. The fourth-order valence-electron chi connectivity index (χ4n) is 4.54. The van der Waals surface area contributed by atoms with Gasteiger partial charge in [0.1, 0.15) is 12.7 Å². The van der Waals surface area contributed by atoms with Gasteiger partial charge in [0.15, 0.2) is 0 Å². The SMILES string of the molecule is COC(=O)c1cc([N+](=O)[O-])ccc1C(O)C(O)CCNC(=O)OCC1c2ccccc2-c2ccccc21. The average Bonchev–Trinajstić information content (AvgIpc) is 3.24. The number of methoxy groups -OCH3 is 1. The van der Waals surface area contributed by atoms with Crippen molar-refractivity contribution in [3.63, 3.8) is 0 Å². The quantitative estimate of drug-likeness (QED) is 0.226. The van der Waals surface area contributed by atoms with Crippen LogP contribution < -0.4 is 5.32 Å². The Morgan fingerprint density at radius 1 is 1.03 bits per heavy atom. The van der Waals surface area contributed by atoms with Gasteiger partial charge in [-0.25, -0.2) is 9.59 Å². The van der Waals surface area contributed by atoms with E-state index < -0.39 is 29.2 Å². The van der Waals surface area contributed by atoms with Crippen molar-refractivity contribution in [2.24, 2.45) is 0 Å². The molecule has 3 aromatic carbocycles. The Bertz CT molecular complexity index is 1280. The lowest BCUT2D eigenvalue weighted by molar-refractivity contribution is -0.384. The zero-order chi connectivity index (χ0) is 26.5. The van der Waals surface area contributed by atoms with Crippen LogP contribution in [0.15, 0.2) is 66.7 Å². The second-order valence-electron chi connectivity index (χ2n) is 8.57. The number of hydrogen-bond donors (Lipinski definition) is 3. The highest BCUT2D eigenvalue weighted by Crippen LogP contribution is 2.44. The molecule has 3 aromatic rings. The molecule has 0 saturated carbocycles. The summed E-state index contributed by atoms with van der Waals surface area (Å²) in [5.41, 5.74) is 3.78. The lowest BCUT2D eigenvalue weighted by Gasteiger charge is -2.20. The lowest BCUT2D eigenvalue weighted by Crippen LogP contribution is -2.31. The van der Waals surface area contributed by atoms with Crippen molar-refractivity contribution in [1.29, 1.82) is 0 Å². The number of nitrogens with one attached hydrogen (secondary N) is 1. The number of carbonyl (C=O) groups is 2. The Balaban J connectivity index is 1.32. The molecule has 0 fully saturated rings. The van der Waals surface area contributed by atoms with Crippen LogP contribution in [0.5, 0.6) is 0 Å². The van der Waals surface area contributed by atoms with Crippen molar-refractivity contribution in [1.82, 2.24) is 5.32 Å². The van der Waals surface area contributed by atoms with Crippen LogP contribution in [0.25, 0.3) is 11.1 Å². The van der Waals surface area contributed by atoms with Gasteiger partial charge < -0.3 is 25.0 Å². The standard InChI is InChI=1S/C27H26N2O8/c1-36-26(32)22-14-16(29(34)35)10-11-21(22)25(31)24(30)12-13-28-27(33)37-15-23-19-8-4-2-6-17(19)18-7-3-5-9-20(18)23/h2-11,14,23-25,30-31H,12-13,15H2,1H3,(H,28,33). The number of ether oxygens (including phenoxy) is 2. The summed E-state index contributed by atoms with van der Waals surface area (Å²) in [5.74, 6) is -0.980. The highest BCUT2D eigenvalue weighted by molar-refractivity contribution is 5.92. The summed E-state index contributed by atoms with van der Waals surface area (Å²) in [4.78, 5) is 34.7. The summed E-state index contributed by atoms with van der Waals surface area (Å²) in [5, 5.41) is 34.6. The van der Waals surface area contributed by atoms with Gasteiger partial charge in [0.25, 0.3) is 5.69 Å². The first kappa shape index (κ1) is 25.8. The van der Waals surface area contributed by atoms with Gasteiger partial charge in [-0.3, -0.25) is 10.1 Å². The second-order valence-corrected chi connectivity index (χ2v) is 8.57. The normalized spacial score (nSPS) is 13.7. The van der Waals surface area contributed by atoms with Crippen molar-refractivity contribution >= 4 is 17.7 Å². The Morgan fingerprint density at radius 2 is 1.65 bits per heavy atom. The molecule has 1 amide bonds. The number of rotatable bonds is 9. The van der Waals surface area contributed by atoms with Gasteiger partial charge in [0, 0.05) is 24.6 Å². The maximum Gasteiger partial charge on any atom is 0.407 e. The summed E-state index contributed by atoms with van der Waals surface area (Å²) in [6, 6.07) is 19.2. The van der Waals surface area contributed by atoms with Crippen molar-refractivity contribution in [2.75, 3.05) is 20.3 Å². The molecule has 0 aromatic heterocycles. The molecule has 192 valence electrons. The average molecular weight is 507 g/mol. The summed E-state index contributed by atoms with van der Waals surface area (Å²) >= 11 is 0. The third kappa shape index (κ3) is 5.45. The lowest BCUT2D eigenvalue weighted by atomic mass is 9.96. The predicted octanol–water partition coefficient (Wildman–Crippen LogP) is 3.70. The molecule has 10 nitrogen and oxygen atoms in total. The number of aliphatic hydroxyl groups excluding tert-OH is 2. The number of aliphatic hydroxyl groups is 2. The largest absolute Gasteiger partial charge is 0.465 e. The van der Waals surface area contributed by atoms with Crippen LogP contribution in [0.1, 0.15) is 45.5 Å². The van der Waals surface area contributed by atoms with Crippen molar-refractivity contribution in [3.05, 3.63) is 99.1 Å². The monoisotopic (exact) mass is 506 g/mol. The molecule has 0 radical (unpaired) electrons. The third-order valence-electron chi connectivity index (χ3n) is 6.39. The maximum absolute atomic E-state index is 12.3. The Kier molecular flexibility index (Phi) is 7.80. The van der Waals surface area contributed by atoms with Crippen molar-refractivity contribution in [2.45, 2.75) is 24.5 Å². The molecule has 0 spiro atoms. The number of nitrogens with zero attached hydrogens (tertiary/aromatic N) is 1. The van der Waals surface area contributed by atoms with Crippen molar-refractivity contribution in [3.8, 4) is 11.1 Å². The number of nitro benzene ring substituents is 1. The van der Waals surface area contributed by atoms with Gasteiger partial charge in [0.2, 0.25) is 0 Å². The van der Waals surface area contributed by atoms with Gasteiger partial charge in [-0.15, -0.1) is 0 Å². The van der Waals surface area contributed by atoms with Crippen LogP contribution >= 0.6 is 0 Å². The molecule has 0 bridgehead atoms. The number of benzene rings is 3. The van der Waals surface area contributed by atoms with Crippen molar-refractivity contribution < 1.29 is 34.2 Å². The molecule has 3 N–H and O–H groups in total. The summed E-state index contributed by atoms with van der Waals surface area (Å²) < 4.78 is 10.1. The number of non-ortho nitro benzene ring substituents is 1.